The topological polar surface area (TPSA) is 131 Å². The quantitative estimate of drug-likeness (QED) is 0.268. The first-order valence-corrected chi connectivity index (χ1v) is 9.35. The first-order chi connectivity index (χ1) is 15.0. The van der Waals surface area contributed by atoms with Gasteiger partial charge in [-0.05, 0) is 42.8 Å². The van der Waals surface area contributed by atoms with E-state index in [2.05, 4.69) is 26.5 Å². The number of nitro groups is 1. The van der Waals surface area contributed by atoms with E-state index in [9.17, 15) is 19.8 Å². The molecule has 2 heterocycles. The first-order valence-electron chi connectivity index (χ1n) is 9.35. The Hall–Kier alpha value is -4.39. The summed E-state index contributed by atoms with van der Waals surface area (Å²) in [5.74, 6) is 1.01. The second-order valence-corrected chi connectivity index (χ2v) is 6.67. The molecule has 0 spiro atoms. The molecule has 0 aliphatic rings. The van der Waals surface area contributed by atoms with E-state index in [-0.39, 0.29) is 11.5 Å². The minimum Gasteiger partial charge on any atom is -0.370 e. The van der Waals surface area contributed by atoms with Crippen LogP contribution in [0.5, 0.6) is 0 Å². The van der Waals surface area contributed by atoms with Crippen LogP contribution in [0, 0.1) is 27.3 Å². The number of aryl methyl sites for hydroxylation is 1. The molecule has 0 aliphatic carbocycles. The third kappa shape index (κ3) is 4.45. The smallest absolute Gasteiger partial charge is 0.270 e. The molecule has 0 unspecified atom stereocenters. The predicted octanol–water partition coefficient (Wildman–Crippen LogP) is 4.25. The third-order valence-electron chi connectivity index (χ3n) is 4.57. The number of benzene rings is 2. The Morgan fingerprint density at radius 2 is 1.97 bits per heavy atom. The molecule has 0 atom stereocenters. The van der Waals surface area contributed by atoms with Crippen molar-refractivity contribution in [3.63, 3.8) is 0 Å². The normalized spacial score (nSPS) is 10.7. The van der Waals surface area contributed by atoms with E-state index in [0.717, 1.165) is 0 Å². The van der Waals surface area contributed by atoms with Gasteiger partial charge in [0, 0.05) is 36.0 Å². The average Bonchev–Trinajstić information content (AvgIpc) is 3.25. The van der Waals surface area contributed by atoms with Gasteiger partial charge in [0.2, 0.25) is 11.7 Å². The van der Waals surface area contributed by atoms with Crippen molar-refractivity contribution in [2.24, 2.45) is 0 Å². The Balaban J connectivity index is 1.39. The summed E-state index contributed by atoms with van der Waals surface area (Å²) in [6.45, 7) is 0.532. The number of hydrogen-bond acceptors (Lipinski definition) is 8. The molecule has 0 fully saturated rings. The van der Waals surface area contributed by atoms with Gasteiger partial charge >= 0.3 is 0 Å². The number of fused-ring (bicyclic) bond motifs is 1. The lowest BCUT2D eigenvalue weighted by atomic mass is 10.1. The molecule has 2 aromatic carbocycles. The van der Waals surface area contributed by atoms with Crippen molar-refractivity contribution in [3.8, 4) is 17.5 Å². The molecule has 1 N–H and O–H groups in total. The van der Waals surface area contributed by atoms with Gasteiger partial charge < -0.3 is 9.84 Å². The van der Waals surface area contributed by atoms with Crippen molar-refractivity contribution >= 4 is 22.4 Å². The van der Waals surface area contributed by atoms with Crippen molar-refractivity contribution in [2.45, 2.75) is 12.8 Å². The van der Waals surface area contributed by atoms with Gasteiger partial charge in [0.1, 0.15) is 11.6 Å². The van der Waals surface area contributed by atoms with Gasteiger partial charge in [0.25, 0.3) is 5.69 Å². The number of anilines is 1. The minimum absolute atomic E-state index is 0.0916. The molecule has 0 radical (unpaired) electrons. The summed E-state index contributed by atoms with van der Waals surface area (Å²) in [5.41, 5.74) is 1.37. The van der Waals surface area contributed by atoms with Gasteiger partial charge in [-0.2, -0.15) is 10.2 Å². The first kappa shape index (κ1) is 19.9. The van der Waals surface area contributed by atoms with Crippen molar-refractivity contribution in [1.82, 2.24) is 15.1 Å². The molecule has 0 bridgehead atoms. The number of nitrogens with zero attached hydrogens (tertiary/aromatic N) is 5. The van der Waals surface area contributed by atoms with Crippen molar-refractivity contribution in [1.29, 1.82) is 5.26 Å². The van der Waals surface area contributed by atoms with E-state index >= 15 is 0 Å². The van der Waals surface area contributed by atoms with Gasteiger partial charge in [-0.3, -0.25) is 10.1 Å². The summed E-state index contributed by atoms with van der Waals surface area (Å²) in [6.07, 6.45) is 1.18. The van der Waals surface area contributed by atoms with Crippen LogP contribution < -0.4 is 5.32 Å². The van der Waals surface area contributed by atoms with Crippen molar-refractivity contribution < 1.29 is 13.8 Å². The highest BCUT2D eigenvalue weighted by Gasteiger charge is 2.12. The second kappa shape index (κ2) is 8.54. The van der Waals surface area contributed by atoms with Gasteiger partial charge in [-0.1, -0.05) is 5.16 Å². The highest BCUT2D eigenvalue weighted by Crippen LogP contribution is 2.25. The molecule has 10 heteroatoms. The fraction of sp³-hybridized carbons (Fsp3) is 0.143. The Labute approximate surface area is 175 Å². The standard InChI is InChI=1S/C21H15FN6O3/c22-15-5-3-13(4-6-15)21-26-20(31-27-21)2-1-9-24-19-10-14(12-23)17-11-16(28(29)30)7-8-18(17)25-19/h3-8,10-11H,1-2,9H2,(H,24,25). The number of nitrogens with one attached hydrogen (secondary N) is 1. The maximum Gasteiger partial charge on any atom is 0.270 e. The molecular weight excluding hydrogens is 403 g/mol. The maximum absolute atomic E-state index is 13.0. The zero-order chi connectivity index (χ0) is 21.8. The zero-order valence-electron chi connectivity index (χ0n) is 16.1. The van der Waals surface area contributed by atoms with Crippen LogP contribution >= 0.6 is 0 Å². The lowest BCUT2D eigenvalue weighted by Gasteiger charge is -2.07. The molecule has 0 saturated carbocycles. The van der Waals surface area contributed by atoms with E-state index in [1.807, 2.05) is 0 Å². The molecule has 4 rings (SSSR count). The Kier molecular flexibility index (Phi) is 5.49. The summed E-state index contributed by atoms with van der Waals surface area (Å²) in [7, 11) is 0. The lowest BCUT2D eigenvalue weighted by molar-refractivity contribution is -0.384. The van der Waals surface area contributed by atoms with E-state index in [4.69, 9.17) is 4.52 Å². The second-order valence-electron chi connectivity index (χ2n) is 6.67. The van der Waals surface area contributed by atoms with Crippen LogP contribution in [0.4, 0.5) is 15.9 Å². The number of hydrogen-bond donors (Lipinski definition) is 1. The zero-order valence-corrected chi connectivity index (χ0v) is 16.1. The number of non-ortho nitro benzene ring substituents is 1. The van der Waals surface area contributed by atoms with E-state index < -0.39 is 4.92 Å². The van der Waals surface area contributed by atoms with Gasteiger partial charge in [-0.15, -0.1) is 0 Å². The van der Waals surface area contributed by atoms with Crippen molar-refractivity contribution in [3.05, 3.63) is 75.9 Å². The fourth-order valence-electron chi connectivity index (χ4n) is 3.04. The number of aromatic nitrogens is 3. The molecule has 0 aliphatic heterocycles. The van der Waals surface area contributed by atoms with E-state index in [1.54, 1.807) is 18.2 Å². The maximum atomic E-state index is 13.0. The summed E-state index contributed by atoms with van der Waals surface area (Å²) in [6, 6.07) is 13.7. The Morgan fingerprint density at radius 1 is 1.16 bits per heavy atom. The van der Waals surface area contributed by atoms with Crippen LogP contribution in [0.1, 0.15) is 17.9 Å². The highest BCUT2D eigenvalue weighted by atomic mass is 19.1. The third-order valence-corrected chi connectivity index (χ3v) is 4.57. The van der Waals surface area contributed by atoms with Crippen LogP contribution in [0.3, 0.4) is 0 Å². The van der Waals surface area contributed by atoms with E-state index in [1.165, 1.54) is 30.3 Å². The largest absolute Gasteiger partial charge is 0.370 e. The van der Waals surface area contributed by atoms with Crippen LogP contribution in [0.2, 0.25) is 0 Å². The van der Waals surface area contributed by atoms with Crippen LogP contribution in [0.15, 0.2) is 53.1 Å². The molecular formula is C21H15FN6O3. The lowest BCUT2D eigenvalue weighted by Crippen LogP contribution is -2.05. The van der Waals surface area contributed by atoms with Crippen LogP contribution in [-0.2, 0) is 6.42 Å². The number of pyridine rings is 1. The Bertz CT molecular complexity index is 1300. The summed E-state index contributed by atoms with van der Waals surface area (Å²) in [5, 5.41) is 27.8. The minimum atomic E-state index is -0.508. The monoisotopic (exact) mass is 418 g/mol. The SMILES string of the molecule is N#Cc1cc(NCCCc2nc(-c3ccc(F)cc3)no2)nc2ccc([N+](=O)[O-])cc12. The van der Waals surface area contributed by atoms with Crippen molar-refractivity contribution in [2.75, 3.05) is 11.9 Å². The summed E-state index contributed by atoms with van der Waals surface area (Å²) in [4.78, 5) is 19.2. The molecule has 0 amide bonds. The summed E-state index contributed by atoms with van der Waals surface area (Å²) >= 11 is 0. The van der Waals surface area contributed by atoms with Crippen LogP contribution in [0.25, 0.3) is 22.3 Å². The number of nitro benzene ring substituents is 1. The number of rotatable bonds is 7. The molecule has 0 saturated heterocycles. The molecule has 31 heavy (non-hydrogen) atoms. The van der Waals surface area contributed by atoms with Gasteiger partial charge in [0.05, 0.1) is 22.1 Å². The Morgan fingerprint density at radius 3 is 2.71 bits per heavy atom. The molecule has 2 aromatic heterocycles. The average molecular weight is 418 g/mol. The van der Waals surface area contributed by atoms with Crippen LogP contribution in [-0.4, -0.2) is 26.6 Å². The van der Waals surface area contributed by atoms with Gasteiger partial charge in [0.15, 0.2) is 0 Å². The molecule has 9 nitrogen and oxygen atoms in total. The molecule has 154 valence electrons. The number of halogens is 1. The predicted molar refractivity (Wildman–Crippen MR) is 110 cm³/mol. The van der Waals surface area contributed by atoms with Gasteiger partial charge in [-0.25, -0.2) is 9.37 Å². The fourth-order valence-corrected chi connectivity index (χ4v) is 3.04. The highest BCUT2D eigenvalue weighted by molar-refractivity contribution is 5.88. The summed E-state index contributed by atoms with van der Waals surface area (Å²) < 4.78 is 18.2. The number of nitriles is 1. The van der Waals surface area contributed by atoms with E-state index in [0.29, 0.717) is 58.9 Å². The molecule has 4 aromatic rings.